The number of nitrogens with zero attached hydrogens (tertiary/aromatic N) is 4. The van der Waals surface area contributed by atoms with Gasteiger partial charge in [-0.05, 0) is 33.6 Å². The zero-order valence-electron chi connectivity index (χ0n) is 10.3. The van der Waals surface area contributed by atoms with E-state index in [4.69, 9.17) is 0 Å². The smallest absolute Gasteiger partial charge is 0.315 e. The molecular formula is C10H21N5O. The lowest BCUT2D eigenvalue weighted by Gasteiger charge is -2.09. The van der Waals surface area contributed by atoms with Gasteiger partial charge in [-0.2, -0.15) is 5.10 Å². The summed E-state index contributed by atoms with van der Waals surface area (Å²) in [5.41, 5.74) is -0.0601. The van der Waals surface area contributed by atoms with E-state index in [0.29, 0.717) is 6.54 Å². The zero-order valence-corrected chi connectivity index (χ0v) is 10.3. The van der Waals surface area contributed by atoms with Crippen LogP contribution in [-0.2, 0) is 13.6 Å². The van der Waals surface area contributed by atoms with Crippen molar-refractivity contribution in [3.05, 3.63) is 16.8 Å². The average molecular weight is 227 g/mol. The van der Waals surface area contributed by atoms with Crippen LogP contribution in [0.3, 0.4) is 0 Å². The Morgan fingerprint density at radius 3 is 2.75 bits per heavy atom. The molecule has 92 valence electrons. The molecule has 0 amide bonds. The zero-order chi connectivity index (χ0) is 12.0. The molecule has 16 heavy (non-hydrogen) atoms. The highest BCUT2D eigenvalue weighted by atomic mass is 16.2. The molecule has 6 heteroatoms. The van der Waals surface area contributed by atoms with Crippen LogP contribution in [0.25, 0.3) is 0 Å². The predicted octanol–water partition coefficient (Wildman–Crippen LogP) is -0.877. The minimum Gasteiger partial charge on any atom is -0.315 e. The summed E-state index contributed by atoms with van der Waals surface area (Å²) in [6.45, 7) is 3.46. The summed E-state index contributed by atoms with van der Waals surface area (Å²) < 4.78 is 2.95. The van der Waals surface area contributed by atoms with Crippen molar-refractivity contribution in [2.45, 2.75) is 13.0 Å². The van der Waals surface area contributed by atoms with Crippen LogP contribution in [0.4, 0.5) is 0 Å². The van der Waals surface area contributed by atoms with Crippen molar-refractivity contribution in [3.63, 3.8) is 0 Å². The SMILES string of the molecule is CN(C)CCCNCCn1ncn(C)c1=O. The molecule has 0 saturated heterocycles. The summed E-state index contributed by atoms with van der Waals surface area (Å²) in [4.78, 5) is 13.6. The lowest BCUT2D eigenvalue weighted by molar-refractivity contribution is 0.392. The van der Waals surface area contributed by atoms with Crippen molar-refractivity contribution in [1.82, 2.24) is 24.6 Å². The molecule has 1 rings (SSSR count). The highest BCUT2D eigenvalue weighted by Crippen LogP contribution is 1.81. The number of hydrogen-bond acceptors (Lipinski definition) is 4. The van der Waals surface area contributed by atoms with Crippen molar-refractivity contribution in [2.75, 3.05) is 33.7 Å². The first-order valence-corrected chi connectivity index (χ1v) is 5.55. The predicted molar refractivity (Wildman–Crippen MR) is 63.5 cm³/mol. The van der Waals surface area contributed by atoms with Gasteiger partial charge in [0.1, 0.15) is 6.33 Å². The standard InChI is InChI=1S/C10H21N5O/c1-13(2)7-4-5-11-6-8-15-10(16)14(3)9-12-15/h9,11H,4-8H2,1-3H3. The van der Waals surface area contributed by atoms with Crippen LogP contribution in [0.5, 0.6) is 0 Å². The summed E-state index contributed by atoms with van der Waals surface area (Å²) in [5.74, 6) is 0. The number of hydrogen-bond donors (Lipinski definition) is 1. The average Bonchev–Trinajstić information content (AvgIpc) is 2.54. The monoisotopic (exact) mass is 227 g/mol. The molecule has 0 fully saturated rings. The molecule has 0 atom stereocenters. The van der Waals surface area contributed by atoms with Crippen molar-refractivity contribution < 1.29 is 0 Å². The van der Waals surface area contributed by atoms with E-state index in [9.17, 15) is 4.79 Å². The van der Waals surface area contributed by atoms with Gasteiger partial charge in [0.05, 0.1) is 6.54 Å². The Bertz CT molecular complexity index is 354. The molecule has 0 radical (unpaired) electrons. The van der Waals surface area contributed by atoms with Crippen LogP contribution in [0, 0.1) is 0 Å². The van der Waals surface area contributed by atoms with Gasteiger partial charge in [0.2, 0.25) is 0 Å². The Balaban J connectivity index is 2.12. The van der Waals surface area contributed by atoms with E-state index in [1.807, 2.05) is 0 Å². The van der Waals surface area contributed by atoms with Gasteiger partial charge in [0.25, 0.3) is 0 Å². The molecular weight excluding hydrogens is 206 g/mol. The van der Waals surface area contributed by atoms with Crippen molar-refractivity contribution >= 4 is 0 Å². The van der Waals surface area contributed by atoms with E-state index in [1.54, 1.807) is 7.05 Å². The first-order chi connectivity index (χ1) is 7.61. The first-order valence-electron chi connectivity index (χ1n) is 5.55. The molecule has 0 aliphatic rings. The molecule has 0 aliphatic carbocycles. The normalized spacial score (nSPS) is 11.2. The van der Waals surface area contributed by atoms with Gasteiger partial charge in [-0.3, -0.25) is 4.57 Å². The van der Waals surface area contributed by atoms with Crippen LogP contribution in [0.15, 0.2) is 11.1 Å². The second-order valence-electron chi connectivity index (χ2n) is 4.15. The fraction of sp³-hybridized carbons (Fsp3) is 0.800. The maximum absolute atomic E-state index is 11.4. The molecule has 0 saturated carbocycles. The van der Waals surface area contributed by atoms with E-state index in [1.165, 1.54) is 15.6 Å². The highest BCUT2D eigenvalue weighted by Gasteiger charge is 1.99. The maximum atomic E-state index is 11.4. The number of aryl methyl sites for hydroxylation is 1. The molecule has 0 spiro atoms. The van der Waals surface area contributed by atoms with Gasteiger partial charge in [-0.1, -0.05) is 0 Å². The lowest BCUT2D eigenvalue weighted by Crippen LogP contribution is -2.29. The van der Waals surface area contributed by atoms with Gasteiger partial charge in [-0.15, -0.1) is 0 Å². The van der Waals surface area contributed by atoms with Crippen LogP contribution < -0.4 is 11.0 Å². The van der Waals surface area contributed by atoms with Gasteiger partial charge in [0.15, 0.2) is 0 Å². The van der Waals surface area contributed by atoms with Crippen molar-refractivity contribution in [2.24, 2.45) is 7.05 Å². The molecule has 6 nitrogen and oxygen atoms in total. The van der Waals surface area contributed by atoms with Gasteiger partial charge in [-0.25, -0.2) is 9.48 Å². The summed E-state index contributed by atoms with van der Waals surface area (Å²) >= 11 is 0. The van der Waals surface area contributed by atoms with Gasteiger partial charge < -0.3 is 10.2 Å². The lowest BCUT2D eigenvalue weighted by atomic mass is 10.4. The van der Waals surface area contributed by atoms with Crippen LogP contribution in [0.1, 0.15) is 6.42 Å². The quantitative estimate of drug-likeness (QED) is 0.615. The third-order valence-corrected chi connectivity index (χ3v) is 2.35. The van der Waals surface area contributed by atoms with E-state index in [-0.39, 0.29) is 5.69 Å². The fourth-order valence-electron chi connectivity index (χ4n) is 1.40. The largest absolute Gasteiger partial charge is 0.345 e. The minimum atomic E-state index is -0.0601. The van der Waals surface area contributed by atoms with E-state index >= 15 is 0 Å². The topological polar surface area (TPSA) is 55.1 Å². The Hall–Kier alpha value is -1.14. The molecule has 0 aliphatic heterocycles. The summed E-state index contributed by atoms with van der Waals surface area (Å²) in [5, 5.41) is 7.27. The number of rotatable bonds is 7. The maximum Gasteiger partial charge on any atom is 0.345 e. The molecule has 0 unspecified atom stereocenters. The van der Waals surface area contributed by atoms with Crippen molar-refractivity contribution in [3.8, 4) is 0 Å². The Morgan fingerprint density at radius 1 is 1.44 bits per heavy atom. The van der Waals surface area contributed by atoms with Crippen molar-refractivity contribution in [1.29, 1.82) is 0 Å². The van der Waals surface area contributed by atoms with E-state index < -0.39 is 0 Å². The fourth-order valence-corrected chi connectivity index (χ4v) is 1.40. The Kier molecular flexibility index (Phi) is 5.21. The van der Waals surface area contributed by atoms with Crippen LogP contribution in [-0.4, -0.2) is 53.0 Å². The second kappa shape index (κ2) is 6.44. The summed E-state index contributed by atoms with van der Waals surface area (Å²) in [6.07, 6.45) is 2.65. The Labute approximate surface area is 95.9 Å². The molecule has 1 N–H and O–H groups in total. The third-order valence-electron chi connectivity index (χ3n) is 2.35. The number of aromatic nitrogens is 3. The molecule has 1 aromatic rings. The molecule has 0 bridgehead atoms. The summed E-state index contributed by atoms with van der Waals surface area (Å²) in [7, 11) is 5.83. The number of nitrogens with one attached hydrogen (secondary N) is 1. The van der Waals surface area contributed by atoms with E-state index in [2.05, 4.69) is 29.4 Å². The van der Waals surface area contributed by atoms with Gasteiger partial charge in [0, 0.05) is 13.6 Å². The first kappa shape index (κ1) is 12.9. The highest BCUT2D eigenvalue weighted by molar-refractivity contribution is 4.65. The van der Waals surface area contributed by atoms with Crippen LogP contribution in [0.2, 0.25) is 0 Å². The summed E-state index contributed by atoms with van der Waals surface area (Å²) in [6, 6.07) is 0. The molecule has 1 heterocycles. The molecule has 1 aromatic heterocycles. The molecule has 0 aromatic carbocycles. The van der Waals surface area contributed by atoms with Gasteiger partial charge >= 0.3 is 5.69 Å². The third kappa shape index (κ3) is 4.16. The van der Waals surface area contributed by atoms with Crippen LogP contribution >= 0.6 is 0 Å². The minimum absolute atomic E-state index is 0.0601. The van der Waals surface area contributed by atoms with E-state index in [0.717, 1.165) is 26.1 Å². The second-order valence-corrected chi connectivity index (χ2v) is 4.15. The Morgan fingerprint density at radius 2 is 2.19 bits per heavy atom.